The third-order valence-electron chi connectivity index (χ3n) is 7.44. The number of aliphatic carboxylic acids is 1. The van der Waals surface area contributed by atoms with Gasteiger partial charge in [-0.25, -0.2) is 4.79 Å². The molecule has 3 rings (SSSR count). The Bertz CT molecular complexity index is 1340. The molecule has 2 aromatic carbocycles. The summed E-state index contributed by atoms with van der Waals surface area (Å²) in [7, 11) is 0. The van der Waals surface area contributed by atoms with Crippen molar-refractivity contribution in [1.82, 2.24) is 20.9 Å². The summed E-state index contributed by atoms with van der Waals surface area (Å²) in [6.45, 7) is 7.31. The van der Waals surface area contributed by atoms with E-state index in [4.69, 9.17) is 5.73 Å². The van der Waals surface area contributed by atoms with Crippen LogP contribution in [0.15, 0.2) is 60.8 Å². The zero-order valence-electron chi connectivity index (χ0n) is 24.0. The van der Waals surface area contributed by atoms with E-state index in [1.807, 2.05) is 51.1 Å². The first-order valence-corrected chi connectivity index (χ1v) is 14.0. The maximum atomic E-state index is 13.7. The molecule has 0 spiro atoms. The number of para-hydroxylation sites is 1. The fourth-order valence-electron chi connectivity index (χ4n) is 4.57. The van der Waals surface area contributed by atoms with E-state index in [0.29, 0.717) is 6.42 Å². The number of nitrogens with two attached hydrogens (primary N) is 1. The zero-order valence-corrected chi connectivity index (χ0v) is 24.0. The molecule has 10 heteroatoms. The normalized spacial score (nSPS) is 15.0. The minimum atomic E-state index is -1.18. The largest absolute Gasteiger partial charge is 0.480 e. The Kier molecular flexibility index (Phi) is 11.0. The quantitative estimate of drug-likeness (QED) is 0.176. The molecule has 41 heavy (non-hydrogen) atoms. The molecule has 0 radical (unpaired) electrons. The van der Waals surface area contributed by atoms with Crippen molar-refractivity contribution in [3.63, 3.8) is 0 Å². The molecule has 1 aromatic heterocycles. The Balaban J connectivity index is 1.83. The molecule has 0 bridgehead atoms. The second-order valence-electron chi connectivity index (χ2n) is 10.9. The molecular weight excluding hydrogens is 522 g/mol. The number of aromatic nitrogens is 1. The second kappa shape index (κ2) is 14.5. The van der Waals surface area contributed by atoms with E-state index in [-0.39, 0.29) is 24.7 Å². The fraction of sp³-hybridized carbons (Fsp3) is 0.419. The summed E-state index contributed by atoms with van der Waals surface area (Å²) in [4.78, 5) is 55.2. The van der Waals surface area contributed by atoms with Gasteiger partial charge in [-0.05, 0) is 29.0 Å². The van der Waals surface area contributed by atoms with Crippen LogP contribution in [0.25, 0.3) is 10.9 Å². The first-order chi connectivity index (χ1) is 19.5. The third kappa shape index (κ3) is 8.40. The van der Waals surface area contributed by atoms with Crippen LogP contribution in [0.5, 0.6) is 0 Å². The predicted octanol–water partition coefficient (Wildman–Crippen LogP) is 2.52. The summed E-state index contributed by atoms with van der Waals surface area (Å²) in [5, 5.41) is 18.9. The lowest BCUT2D eigenvalue weighted by molar-refractivity contribution is -0.142. The van der Waals surface area contributed by atoms with Gasteiger partial charge in [-0.3, -0.25) is 14.4 Å². The van der Waals surface area contributed by atoms with Gasteiger partial charge in [0.05, 0.1) is 6.04 Å². The van der Waals surface area contributed by atoms with Crippen molar-refractivity contribution >= 4 is 34.6 Å². The van der Waals surface area contributed by atoms with Crippen LogP contribution in [0.1, 0.15) is 45.2 Å². The number of nitrogens with one attached hydrogen (secondary N) is 4. The van der Waals surface area contributed by atoms with Crippen molar-refractivity contribution in [1.29, 1.82) is 0 Å². The Morgan fingerprint density at radius 2 is 1.46 bits per heavy atom. The molecule has 10 nitrogen and oxygen atoms in total. The van der Waals surface area contributed by atoms with E-state index in [1.165, 1.54) is 0 Å². The van der Waals surface area contributed by atoms with Crippen LogP contribution in [0.3, 0.4) is 0 Å². The predicted molar refractivity (Wildman–Crippen MR) is 158 cm³/mol. The van der Waals surface area contributed by atoms with E-state index in [9.17, 15) is 24.3 Å². The van der Waals surface area contributed by atoms with Crippen molar-refractivity contribution in [2.24, 2.45) is 17.6 Å². The van der Waals surface area contributed by atoms with Gasteiger partial charge >= 0.3 is 5.97 Å². The molecule has 0 aliphatic heterocycles. The number of carboxylic acids is 1. The molecule has 0 saturated carbocycles. The van der Waals surface area contributed by atoms with Crippen LogP contribution in [0.4, 0.5) is 0 Å². The van der Waals surface area contributed by atoms with Gasteiger partial charge in [-0.15, -0.1) is 0 Å². The smallest absolute Gasteiger partial charge is 0.326 e. The average Bonchev–Trinajstić information content (AvgIpc) is 3.37. The zero-order chi connectivity index (χ0) is 30.1. The number of H-pyrrole nitrogens is 1. The minimum absolute atomic E-state index is 0.0927. The highest BCUT2D eigenvalue weighted by Crippen LogP contribution is 2.20. The number of hydrogen-bond donors (Lipinski definition) is 6. The first kappa shape index (κ1) is 31.3. The number of carbonyl (C=O) groups excluding carboxylic acids is 3. The number of rotatable bonds is 14. The van der Waals surface area contributed by atoms with Gasteiger partial charge in [-0.2, -0.15) is 0 Å². The maximum Gasteiger partial charge on any atom is 0.326 e. The molecule has 5 unspecified atom stereocenters. The summed E-state index contributed by atoms with van der Waals surface area (Å²) in [5.41, 5.74) is 8.53. The lowest BCUT2D eigenvalue weighted by atomic mass is 9.96. The molecular formula is C31H41N5O5. The molecule has 5 atom stereocenters. The van der Waals surface area contributed by atoms with Crippen LogP contribution >= 0.6 is 0 Å². The van der Waals surface area contributed by atoms with Gasteiger partial charge in [0.1, 0.15) is 18.1 Å². The van der Waals surface area contributed by atoms with Gasteiger partial charge in [-0.1, -0.05) is 82.6 Å². The topological polar surface area (TPSA) is 166 Å². The number of hydrogen-bond acceptors (Lipinski definition) is 5. The monoisotopic (exact) mass is 563 g/mol. The van der Waals surface area contributed by atoms with Crippen molar-refractivity contribution in [3.05, 3.63) is 71.9 Å². The number of amides is 3. The number of aromatic amines is 1. The van der Waals surface area contributed by atoms with Crippen molar-refractivity contribution in [2.75, 3.05) is 0 Å². The molecule has 0 aliphatic carbocycles. The van der Waals surface area contributed by atoms with Crippen molar-refractivity contribution in [2.45, 2.75) is 71.1 Å². The molecule has 0 fully saturated rings. The van der Waals surface area contributed by atoms with Crippen LogP contribution in [0, 0.1) is 11.8 Å². The van der Waals surface area contributed by atoms with E-state index in [2.05, 4.69) is 20.9 Å². The van der Waals surface area contributed by atoms with E-state index < -0.39 is 47.9 Å². The Morgan fingerprint density at radius 1 is 0.829 bits per heavy atom. The molecule has 3 aromatic rings. The van der Waals surface area contributed by atoms with Gasteiger partial charge in [0.15, 0.2) is 0 Å². The SMILES string of the molecule is CCC(C)C(NC(=O)C(Cc1c[nH]c2ccccc12)NC(=O)C(N)C(C)C)C(=O)NC(Cc1ccccc1)C(=O)O. The van der Waals surface area contributed by atoms with Gasteiger partial charge in [0.25, 0.3) is 0 Å². The second-order valence-corrected chi connectivity index (χ2v) is 10.9. The number of carboxylic acid groups (broad SMARTS) is 1. The highest BCUT2D eigenvalue weighted by molar-refractivity contribution is 5.95. The van der Waals surface area contributed by atoms with Crippen molar-refractivity contribution in [3.8, 4) is 0 Å². The highest BCUT2D eigenvalue weighted by atomic mass is 16.4. The van der Waals surface area contributed by atoms with Crippen LogP contribution in [-0.4, -0.2) is 57.9 Å². The van der Waals surface area contributed by atoms with Gasteiger partial charge in [0, 0.05) is 29.9 Å². The molecule has 3 amide bonds. The highest BCUT2D eigenvalue weighted by Gasteiger charge is 2.33. The summed E-state index contributed by atoms with van der Waals surface area (Å²) in [5.74, 6) is -3.28. The fourth-order valence-corrected chi connectivity index (χ4v) is 4.57. The average molecular weight is 564 g/mol. The van der Waals surface area contributed by atoms with Gasteiger partial charge in [0.2, 0.25) is 17.7 Å². The first-order valence-electron chi connectivity index (χ1n) is 14.0. The lowest BCUT2D eigenvalue weighted by Crippen LogP contribution is -2.59. The lowest BCUT2D eigenvalue weighted by Gasteiger charge is -2.28. The Morgan fingerprint density at radius 3 is 2.10 bits per heavy atom. The Hall–Kier alpha value is -4.18. The van der Waals surface area contributed by atoms with Crippen LogP contribution in [0.2, 0.25) is 0 Å². The maximum absolute atomic E-state index is 13.7. The van der Waals surface area contributed by atoms with Gasteiger partial charge < -0.3 is 31.8 Å². The van der Waals surface area contributed by atoms with Crippen LogP contribution < -0.4 is 21.7 Å². The third-order valence-corrected chi connectivity index (χ3v) is 7.44. The molecule has 220 valence electrons. The molecule has 1 heterocycles. The summed E-state index contributed by atoms with van der Waals surface area (Å²) >= 11 is 0. The summed E-state index contributed by atoms with van der Waals surface area (Å²) in [6, 6.07) is 12.6. The minimum Gasteiger partial charge on any atom is -0.480 e. The van der Waals surface area contributed by atoms with E-state index in [1.54, 1.807) is 37.4 Å². The molecule has 0 aliphatic rings. The number of fused-ring (bicyclic) bond motifs is 1. The number of carbonyl (C=O) groups is 4. The van der Waals surface area contributed by atoms with E-state index >= 15 is 0 Å². The molecule has 0 saturated heterocycles. The van der Waals surface area contributed by atoms with Crippen LogP contribution in [-0.2, 0) is 32.0 Å². The Labute approximate surface area is 240 Å². The van der Waals surface area contributed by atoms with E-state index in [0.717, 1.165) is 22.0 Å². The van der Waals surface area contributed by atoms with Crippen molar-refractivity contribution < 1.29 is 24.3 Å². The standard InChI is InChI=1S/C31H41N5O5/c1-5-19(4)27(30(39)35-25(31(40)41)15-20-11-7-6-8-12-20)36-28(37)24(34-29(38)26(32)18(2)3)16-21-17-33-23-14-10-9-13-22(21)23/h6-14,17-19,24-27,33H,5,15-16,32H2,1-4H3,(H,34,38)(H,35,39)(H,36,37)(H,40,41). The number of benzene rings is 2. The summed E-state index contributed by atoms with van der Waals surface area (Å²) < 4.78 is 0. The molecule has 7 N–H and O–H groups in total. The summed E-state index contributed by atoms with van der Waals surface area (Å²) in [6.07, 6.45) is 2.59.